The molecule has 158 valence electrons. The van der Waals surface area contributed by atoms with E-state index in [1.165, 1.54) is 0 Å². The van der Waals surface area contributed by atoms with Gasteiger partial charge in [-0.15, -0.1) is 0 Å². The van der Waals surface area contributed by atoms with Gasteiger partial charge in [0, 0.05) is 25.5 Å². The number of rotatable bonds is 7. The van der Waals surface area contributed by atoms with Crippen LogP contribution in [0, 0.1) is 0 Å². The number of hydrogen-bond acceptors (Lipinski definition) is 6. The first-order valence-electron chi connectivity index (χ1n) is 9.96. The Morgan fingerprint density at radius 2 is 1.83 bits per heavy atom. The molecule has 30 heavy (non-hydrogen) atoms. The minimum atomic E-state index is -3.57. The van der Waals surface area contributed by atoms with Crippen molar-refractivity contribution in [3.05, 3.63) is 60.6 Å². The number of piperidine rings is 1. The molecule has 0 radical (unpaired) electrons. The van der Waals surface area contributed by atoms with Gasteiger partial charge < -0.3 is 10.1 Å². The molecule has 0 amide bonds. The third kappa shape index (κ3) is 4.31. The summed E-state index contributed by atoms with van der Waals surface area (Å²) in [6, 6.07) is 12.7. The maximum absolute atomic E-state index is 13.1. The van der Waals surface area contributed by atoms with E-state index in [0.29, 0.717) is 25.5 Å². The van der Waals surface area contributed by atoms with Gasteiger partial charge in [0.05, 0.1) is 25.0 Å². The number of nitrogens with zero attached hydrogens (tertiary/aromatic N) is 4. The standard InChI is InChI=1S/C21H25N5O3S/c1-29-19-9-7-18(8-10-19)26-15-11-17(24-26)16-23-21-20(6-5-12-22-21)30(27,28)25-13-3-2-4-14-25/h5-12,15H,2-4,13-14,16H2,1H3,(H,22,23). The number of hydrogen-bond donors (Lipinski definition) is 1. The smallest absolute Gasteiger partial charge is 0.246 e. The second-order valence-electron chi connectivity index (χ2n) is 7.12. The molecule has 9 heteroatoms. The van der Waals surface area contributed by atoms with E-state index < -0.39 is 10.0 Å². The quantitative estimate of drug-likeness (QED) is 0.623. The summed E-state index contributed by atoms with van der Waals surface area (Å²) in [6.45, 7) is 1.48. The molecule has 0 atom stereocenters. The average Bonchev–Trinajstić information content (AvgIpc) is 3.27. The van der Waals surface area contributed by atoms with Gasteiger partial charge in [0.15, 0.2) is 0 Å². The highest BCUT2D eigenvalue weighted by Gasteiger charge is 2.28. The van der Waals surface area contributed by atoms with Gasteiger partial charge in [-0.2, -0.15) is 9.40 Å². The van der Waals surface area contributed by atoms with E-state index in [0.717, 1.165) is 36.4 Å². The van der Waals surface area contributed by atoms with Gasteiger partial charge in [-0.25, -0.2) is 18.1 Å². The van der Waals surface area contributed by atoms with Crippen molar-refractivity contribution < 1.29 is 13.2 Å². The average molecular weight is 428 g/mol. The van der Waals surface area contributed by atoms with Crippen LogP contribution in [0.25, 0.3) is 5.69 Å². The predicted octanol–water partition coefficient (Wildman–Crippen LogP) is 3.06. The largest absolute Gasteiger partial charge is 0.497 e. The van der Waals surface area contributed by atoms with Crippen LogP contribution in [0.5, 0.6) is 5.75 Å². The Balaban J connectivity index is 1.49. The molecule has 0 unspecified atom stereocenters. The maximum atomic E-state index is 13.1. The Morgan fingerprint density at radius 3 is 2.57 bits per heavy atom. The summed E-state index contributed by atoms with van der Waals surface area (Å²) in [5.41, 5.74) is 1.69. The zero-order valence-electron chi connectivity index (χ0n) is 16.9. The number of anilines is 1. The highest BCUT2D eigenvalue weighted by atomic mass is 32.2. The molecule has 0 spiro atoms. The lowest BCUT2D eigenvalue weighted by Gasteiger charge is -2.26. The molecule has 1 saturated heterocycles. The Morgan fingerprint density at radius 1 is 1.07 bits per heavy atom. The van der Waals surface area contributed by atoms with Crippen LogP contribution in [-0.4, -0.2) is 47.7 Å². The van der Waals surface area contributed by atoms with Crippen LogP contribution in [0.15, 0.2) is 59.8 Å². The van der Waals surface area contributed by atoms with E-state index in [-0.39, 0.29) is 4.90 Å². The molecular formula is C21H25N5O3S. The van der Waals surface area contributed by atoms with Crippen LogP contribution in [0.1, 0.15) is 25.0 Å². The first-order valence-corrected chi connectivity index (χ1v) is 11.4. The van der Waals surface area contributed by atoms with Crippen LogP contribution >= 0.6 is 0 Å². The molecule has 0 saturated carbocycles. The minimum absolute atomic E-state index is 0.210. The van der Waals surface area contributed by atoms with Crippen molar-refractivity contribution >= 4 is 15.8 Å². The number of sulfonamides is 1. The van der Waals surface area contributed by atoms with E-state index in [9.17, 15) is 8.42 Å². The van der Waals surface area contributed by atoms with Crippen LogP contribution in [0.2, 0.25) is 0 Å². The molecular weight excluding hydrogens is 402 g/mol. The van der Waals surface area contributed by atoms with Crippen molar-refractivity contribution in [3.8, 4) is 11.4 Å². The Kier molecular flexibility index (Phi) is 6.01. The summed E-state index contributed by atoms with van der Waals surface area (Å²) in [5, 5.41) is 7.70. The fraction of sp³-hybridized carbons (Fsp3) is 0.333. The monoisotopic (exact) mass is 427 g/mol. The highest BCUT2D eigenvalue weighted by molar-refractivity contribution is 7.89. The molecule has 1 aliphatic rings. The summed E-state index contributed by atoms with van der Waals surface area (Å²) >= 11 is 0. The lowest BCUT2D eigenvalue weighted by Crippen LogP contribution is -2.36. The van der Waals surface area contributed by atoms with Gasteiger partial charge in [0.2, 0.25) is 10.0 Å². The number of methoxy groups -OCH3 is 1. The van der Waals surface area contributed by atoms with E-state index in [2.05, 4.69) is 15.4 Å². The fourth-order valence-corrected chi connectivity index (χ4v) is 5.12. The number of ether oxygens (including phenoxy) is 1. The molecule has 0 bridgehead atoms. The number of benzene rings is 1. The molecule has 3 heterocycles. The lowest BCUT2D eigenvalue weighted by molar-refractivity contribution is 0.346. The van der Waals surface area contributed by atoms with Crippen LogP contribution in [-0.2, 0) is 16.6 Å². The zero-order valence-corrected chi connectivity index (χ0v) is 17.7. The summed E-state index contributed by atoms with van der Waals surface area (Å²) in [5.74, 6) is 1.13. The molecule has 3 aromatic rings. The first kappa shape index (κ1) is 20.4. The van der Waals surface area contributed by atoms with Gasteiger partial charge in [-0.05, 0) is 55.3 Å². The van der Waals surface area contributed by atoms with Gasteiger partial charge >= 0.3 is 0 Å². The summed E-state index contributed by atoms with van der Waals surface area (Å²) in [6.07, 6.45) is 6.31. The normalized spacial score (nSPS) is 15.1. The second-order valence-corrected chi connectivity index (χ2v) is 9.02. The van der Waals surface area contributed by atoms with Crippen molar-refractivity contribution in [3.63, 3.8) is 0 Å². The maximum Gasteiger partial charge on any atom is 0.246 e. The molecule has 1 N–H and O–H groups in total. The van der Waals surface area contributed by atoms with Gasteiger partial charge in [0.25, 0.3) is 0 Å². The minimum Gasteiger partial charge on any atom is -0.497 e. The van der Waals surface area contributed by atoms with E-state index >= 15 is 0 Å². The molecule has 8 nitrogen and oxygen atoms in total. The van der Waals surface area contributed by atoms with Crippen molar-refractivity contribution in [2.45, 2.75) is 30.7 Å². The number of pyridine rings is 1. The molecule has 1 aliphatic heterocycles. The second kappa shape index (κ2) is 8.85. The van der Waals surface area contributed by atoms with Gasteiger partial charge in [0.1, 0.15) is 16.5 Å². The molecule has 1 fully saturated rings. The molecule has 0 aliphatic carbocycles. The summed E-state index contributed by atoms with van der Waals surface area (Å²) < 4.78 is 34.7. The SMILES string of the molecule is COc1ccc(-n2ccc(CNc3ncccc3S(=O)(=O)N3CCCCC3)n2)cc1. The van der Waals surface area contributed by atoms with Crippen molar-refractivity contribution in [1.82, 2.24) is 19.1 Å². The van der Waals surface area contributed by atoms with Gasteiger partial charge in [-0.3, -0.25) is 0 Å². The van der Waals surface area contributed by atoms with Crippen molar-refractivity contribution in [1.29, 1.82) is 0 Å². The number of nitrogens with one attached hydrogen (secondary N) is 1. The summed E-state index contributed by atoms with van der Waals surface area (Å²) in [7, 11) is -1.94. The third-order valence-corrected chi connectivity index (χ3v) is 7.05. The van der Waals surface area contributed by atoms with E-state index in [1.807, 2.05) is 36.5 Å². The van der Waals surface area contributed by atoms with Crippen molar-refractivity contribution in [2.75, 3.05) is 25.5 Å². The van der Waals surface area contributed by atoms with Crippen molar-refractivity contribution in [2.24, 2.45) is 0 Å². The third-order valence-electron chi connectivity index (χ3n) is 5.12. The topological polar surface area (TPSA) is 89.3 Å². The zero-order chi connectivity index (χ0) is 21.0. The van der Waals surface area contributed by atoms with Crippen LogP contribution < -0.4 is 10.1 Å². The molecule has 2 aromatic heterocycles. The van der Waals surface area contributed by atoms with Gasteiger partial charge in [-0.1, -0.05) is 6.42 Å². The highest BCUT2D eigenvalue weighted by Crippen LogP contribution is 2.25. The van der Waals surface area contributed by atoms with E-state index in [1.54, 1.807) is 34.4 Å². The Hall–Kier alpha value is -2.91. The molecule has 1 aromatic carbocycles. The predicted molar refractivity (Wildman–Crippen MR) is 114 cm³/mol. The first-order chi connectivity index (χ1) is 14.6. The Labute approximate surface area is 176 Å². The summed E-state index contributed by atoms with van der Waals surface area (Å²) in [4.78, 5) is 4.48. The lowest BCUT2D eigenvalue weighted by atomic mass is 10.2. The molecule has 4 rings (SSSR count). The number of aromatic nitrogens is 3. The van der Waals surface area contributed by atoms with Crippen LogP contribution in [0.4, 0.5) is 5.82 Å². The van der Waals surface area contributed by atoms with E-state index in [4.69, 9.17) is 4.74 Å². The Bertz CT molecular complexity index is 1090. The fourth-order valence-electron chi connectivity index (χ4n) is 3.48. The van der Waals surface area contributed by atoms with Crippen LogP contribution in [0.3, 0.4) is 0 Å².